The maximum absolute atomic E-state index is 11.6. The summed E-state index contributed by atoms with van der Waals surface area (Å²) in [4.78, 5) is 11.6. The zero-order valence-electron chi connectivity index (χ0n) is 12.1. The third kappa shape index (κ3) is 8.76. The van der Waals surface area contributed by atoms with Gasteiger partial charge in [-0.3, -0.25) is 4.79 Å². The molecule has 0 radical (unpaired) electrons. The molecule has 0 aromatic rings. The summed E-state index contributed by atoms with van der Waals surface area (Å²) in [6.45, 7) is 8.69. The quantitative estimate of drug-likeness (QED) is 0.733. The summed E-state index contributed by atoms with van der Waals surface area (Å²) in [7, 11) is 0. The Balaban J connectivity index is 0.00000289. The van der Waals surface area contributed by atoms with E-state index in [9.17, 15) is 4.79 Å². The average molecular weight is 277 g/mol. The van der Waals surface area contributed by atoms with E-state index in [0.29, 0.717) is 17.9 Å². The predicted octanol–water partition coefficient (Wildman–Crippen LogP) is 2.88. The Morgan fingerprint density at radius 3 is 2.61 bits per heavy atom. The third-order valence-electron chi connectivity index (χ3n) is 3.27. The lowest BCUT2D eigenvalue weighted by Crippen LogP contribution is -2.32. The van der Waals surface area contributed by atoms with Gasteiger partial charge in [0.25, 0.3) is 0 Å². The Kier molecular flexibility index (Phi) is 8.62. The molecule has 1 aliphatic heterocycles. The molecular formula is C14H29ClN2O. The molecule has 0 bridgehead atoms. The summed E-state index contributed by atoms with van der Waals surface area (Å²) in [6.07, 6.45) is 6.54. The van der Waals surface area contributed by atoms with Crippen molar-refractivity contribution in [3.63, 3.8) is 0 Å². The molecular weight excluding hydrogens is 248 g/mol. The highest BCUT2D eigenvalue weighted by molar-refractivity contribution is 5.85. The monoisotopic (exact) mass is 276 g/mol. The first-order valence-electron chi connectivity index (χ1n) is 6.97. The molecule has 0 saturated carbocycles. The molecule has 1 unspecified atom stereocenters. The normalized spacial score (nSPS) is 19.4. The first kappa shape index (κ1) is 17.7. The minimum Gasteiger partial charge on any atom is -0.356 e. The second kappa shape index (κ2) is 8.76. The Morgan fingerprint density at radius 2 is 2.06 bits per heavy atom. The van der Waals surface area contributed by atoms with Gasteiger partial charge >= 0.3 is 0 Å². The van der Waals surface area contributed by atoms with Gasteiger partial charge in [-0.25, -0.2) is 0 Å². The van der Waals surface area contributed by atoms with Crippen molar-refractivity contribution in [1.29, 1.82) is 0 Å². The molecule has 18 heavy (non-hydrogen) atoms. The van der Waals surface area contributed by atoms with Crippen LogP contribution in [0, 0.1) is 5.41 Å². The molecule has 2 N–H and O–H groups in total. The van der Waals surface area contributed by atoms with E-state index < -0.39 is 0 Å². The summed E-state index contributed by atoms with van der Waals surface area (Å²) in [5.74, 6) is 0.208. The largest absolute Gasteiger partial charge is 0.356 e. The number of nitrogens with one attached hydrogen (secondary N) is 2. The lowest BCUT2D eigenvalue weighted by atomic mass is 9.90. The Hall–Kier alpha value is -0.280. The van der Waals surface area contributed by atoms with Crippen LogP contribution >= 0.6 is 12.4 Å². The highest BCUT2D eigenvalue weighted by atomic mass is 35.5. The number of unbranched alkanes of at least 4 members (excludes halogenated alkanes) is 1. The van der Waals surface area contributed by atoms with Crippen molar-refractivity contribution in [2.24, 2.45) is 5.41 Å². The van der Waals surface area contributed by atoms with Crippen LogP contribution in [0.3, 0.4) is 0 Å². The Labute approximate surface area is 118 Å². The molecule has 1 heterocycles. The van der Waals surface area contributed by atoms with Crippen LogP contribution in [0.25, 0.3) is 0 Å². The van der Waals surface area contributed by atoms with Gasteiger partial charge in [0.1, 0.15) is 0 Å². The molecule has 4 heteroatoms. The van der Waals surface area contributed by atoms with Crippen LogP contribution < -0.4 is 10.6 Å². The number of carbonyl (C=O) groups is 1. The van der Waals surface area contributed by atoms with Gasteiger partial charge in [-0.15, -0.1) is 12.4 Å². The van der Waals surface area contributed by atoms with E-state index in [1.54, 1.807) is 0 Å². The van der Waals surface area contributed by atoms with E-state index >= 15 is 0 Å². The van der Waals surface area contributed by atoms with Gasteiger partial charge in [-0.2, -0.15) is 0 Å². The molecule has 1 rings (SSSR count). The zero-order chi connectivity index (χ0) is 12.7. The average Bonchev–Trinajstić information content (AvgIpc) is 2.68. The summed E-state index contributed by atoms with van der Waals surface area (Å²) in [6, 6.07) is 0.421. The van der Waals surface area contributed by atoms with Crippen molar-refractivity contribution < 1.29 is 4.79 Å². The SMILES string of the molecule is CC(C)(C)CCCCNC(=O)CC1CCCN1.Cl. The second-order valence-corrected chi connectivity index (χ2v) is 6.37. The highest BCUT2D eigenvalue weighted by Gasteiger charge is 2.17. The first-order chi connectivity index (χ1) is 7.97. The molecule has 0 aromatic heterocycles. The van der Waals surface area contributed by atoms with Crippen molar-refractivity contribution in [1.82, 2.24) is 10.6 Å². The lowest BCUT2D eigenvalue weighted by Gasteiger charge is -2.17. The van der Waals surface area contributed by atoms with E-state index in [0.717, 1.165) is 25.9 Å². The summed E-state index contributed by atoms with van der Waals surface area (Å²) >= 11 is 0. The third-order valence-corrected chi connectivity index (χ3v) is 3.27. The number of rotatable bonds is 6. The van der Waals surface area contributed by atoms with E-state index in [1.807, 2.05) is 0 Å². The highest BCUT2D eigenvalue weighted by Crippen LogP contribution is 2.21. The maximum atomic E-state index is 11.6. The van der Waals surface area contributed by atoms with Crippen LogP contribution in [0.15, 0.2) is 0 Å². The molecule has 1 saturated heterocycles. The van der Waals surface area contributed by atoms with E-state index in [1.165, 1.54) is 19.3 Å². The second-order valence-electron chi connectivity index (χ2n) is 6.37. The van der Waals surface area contributed by atoms with Gasteiger partial charge in [0, 0.05) is 19.0 Å². The first-order valence-corrected chi connectivity index (χ1v) is 6.97. The fraction of sp³-hybridized carbons (Fsp3) is 0.929. The summed E-state index contributed by atoms with van der Waals surface area (Å²) in [5.41, 5.74) is 0.414. The van der Waals surface area contributed by atoms with Gasteiger partial charge in [0.2, 0.25) is 5.91 Å². The molecule has 1 aliphatic rings. The van der Waals surface area contributed by atoms with E-state index in [2.05, 4.69) is 31.4 Å². The number of hydrogen-bond donors (Lipinski definition) is 2. The molecule has 0 aromatic carbocycles. The van der Waals surface area contributed by atoms with Crippen LogP contribution in [0.2, 0.25) is 0 Å². The topological polar surface area (TPSA) is 41.1 Å². The molecule has 0 aliphatic carbocycles. The van der Waals surface area contributed by atoms with Crippen molar-refractivity contribution in [3.8, 4) is 0 Å². The molecule has 0 spiro atoms. The Bertz CT molecular complexity index is 232. The van der Waals surface area contributed by atoms with Crippen LogP contribution in [0.1, 0.15) is 59.3 Å². The zero-order valence-corrected chi connectivity index (χ0v) is 12.9. The van der Waals surface area contributed by atoms with Crippen LogP contribution in [-0.2, 0) is 4.79 Å². The minimum absolute atomic E-state index is 0. The molecule has 108 valence electrons. The van der Waals surface area contributed by atoms with E-state index in [4.69, 9.17) is 0 Å². The van der Waals surface area contributed by atoms with Gasteiger partial charge in [0.15, 0.2) is 0 Å². The standard InChI is InChI=1S/C14H28N2O.ClH/c1-14(2,3)8-4-5-9-16-13(17)11-12-7-6-10-15-12;/h12,15H,4-11H2,1-3H3,(H,16,17);1H. The lowest BCUT2D eigenvalue weighted by molar-refractivity contribution is -0.121. The molecule has 1 atom stereocenters. The molecule has 1 fully saturated rings. The van der Waals surface area contributed by atoms with Crippen molar-refractivity contribution in [2.75, 3.05) is 13.1 Å². The van der Waals surface area contributed by atoms with Gasteiger partial charge < -0.3 is 10.6 Å². The summed E-state index contributed by atoms with van der Waals surface area (Å²) < 4.78 is 0. The minimum atomic E-state index is 0. The van der Waals surface area contributed by atoms with Crippen LogP contribution in [0.4, 0.5) is 0 Å². The van der Waals surface area contributed by atoms with Crippen LogP contribution in [-0.4, -0.2) is 25.0 Å². The van der Waals surface area contributed by atoms with Gasteiger partial charge in [-0.05, 0) is 37.6 Å². The van der Waals surface area contributed by atoms with Gasteiger partial charge in [-0.1, -0.05) is 27.2 Å². The van der Waals surface area contributed by atoms with Crippen molar-refractivity contribution in [2.45, 2.75) is 65.3 Å². The van der Waals surface area contributed by atoms with Crippen LogP contribution in [0.5, 0.6) is 0 Å². The maximum Gasteiger partial charge on any atom is 0.221 e. The number of halogens is 1. The number of carbonyl (C=O) groups excluding carboxylic acids is 1. The molecule has 3 nitrogen and oxygen atoms in total. The number of hydrogen-bond acceptors (Lipinski definition) is 2. The smallest absolute Gasteiger partial charge is 0.221 e. The Morgan fingerprint density at radius 1 is 1.33 bits per heavy atom. The van der Waals surface area contributed by atoms with E-state index in [-0.39, 0.29) is 18.3 Å². The van der Waals surface area contributed by atoms with Crippen molar-refractivity contribution >= 4 is 18.3 Å². The molecule has 1 amide bonds. The van der Waals surface area contributed by atoms with Crippen molar-refractivity contribution in [3.05, 3.63) is 0 Å². The predicted molar refractivity (Wildman–Crippen MR) is 79.2 cm³/mol. The summed E-state index contributed by atoms with van der Waals surface area (Å²) in [5, 5.41) is 6.36. The number of amides is 1. The fourth-order valence-corrected chi connectivity index (χ4v) is 2.24. The van der Waals surface area contributed by atoms with Gasteiger partial charge in [0.05, 0.1) is 0 Å². The fourth-order valence-electron chi connectivity index (χ4n) is 2.24.